The molecule has 158 valence electrons. The molecule has 1 aliphatic rings. The highest BCUT2D eigenvalue weighted by atomic mass is 32.2. The number of aromatic nitrogens is 2. The van der Waals surface area contributed by atoms with Crippen molar-refractivity contribution < 1.29 is 4.79 Å². The maximum atomic E-state index is 13.3. The smallest absolute Gasteiger partial charge is 0.263 e. The molecule has 1 N–H and O–H groups in total. The van der Waals surface area contributed by atoms with Crippen LogP contribution in [0.3, 0.4) is 0 Å². The van der Waals surface area contributed by atoms with Crippen LogP contribution in [0.5, 0.6) is 0 Å². The van der Waals surface area contributed by atoms with Gasteiger partial charge in [0.2, 0.25) is 5.91 Å². The van der Waals surface area contributed by atoms with Gasteiger partial charge in [0, 0.05) is 18.0 Å². The average molecular weight is 442 g/mol. The summed E-state index contributed by atoms with van der Waals surface area (Å²) in [6, 6.07) is 9.85. The number of hydrogen-bond donors (Lipinski definition) is 1. The lowest BCUT2D eigenvalue weighted by Gasteiger charge is -2.18. The number of carbonyl (C=O) groups is 1. The number of rotatable bonds is 6. The van der Waals surface area contributed by atoms with Crippen LogP contribution in [0.2, 0.25) is 0 Å². The Kier molecular flexibility index (Phi) is 6.29. The molecule has 0 aliphatic heterocycles. The predicted molar refractivity (Wildman–Crippen MR) is 124 cm³/mol. The lowest BCUT2D eigenvalue weighted by Crippen LogP contribution is -2.31. The highest BCUT2D eigenvalue weighted by Gasteiger charge is 2.25. The number of thioether (sulfide) groups is 1. The van der Waals surface area contributed by atoms with Gasteiger partial charge < -0.3 is 5.32 Å². The van der Waals surface area contributed by atoms with Crippen molar-refractivity contribution >= 4 is 39.2 Å². The van der Waals surface area contributed by atoms with Crippen LogP contribution in [0.25, 0.3) is 10.2 Å². The van der Waals surface area contributed by atoms with Gasteiger partial charge in [-0.3, -0.25) is 14.2 Å². The minimum Gasteiger partial charge on any atom is -0.351 e. The normalized spacial score (nSPS) is 17.0. The number of amides is 1. The molecule has 2 aromatic heterocycles. The average Bonchev–Trinajstić information content (AvgIpc) is 3.10. The third kappa shape index (κ3) is 4.18. The number of benzene rings is 1. The second-order valence-corrected chi connectivity index (χ2v) is 10.3. The molecule has 1 amide bonds. The molecule has 1 aliphatic carbocycles. The first-order valence-corrected chi connectivity index (χ1v) is 12.2. The van der Waals surface area contributed by atoms with Gasteiger partial charge in [-0.1, -0.05) is 49.0 Å². The molecule has 2 unspecified atom stereocenters. The van der Waals surface area contributed by atoms with Crippen molar-refractivity contribution in [2.24, 2.45) is 5.92 Å². The fraction of sp³-hybridized carbons (Fsp3) is 0.435. The zero-order chi connectivity index (χ0) is 21.3. The molecule has 0 bridgehead atoms. The van der Waals surface area contributed by atoms with Crippen molar-refractivity contribution in [2.45, 2.75) is 63.5 Å². The van der Waals surface area contributed by atoms with E-state index in [0.717, 1.165) is 35.0 Å². The van der Waals surface area contributed by atoms with E-state index in [1.54, 1.807) is 15.9 Å². The molecule has 3 aromatic rings. The predicted octanol–water partition coefficient (Wildman–Crippen LogP) is 4.40. The van der Waals surface area contributed by atoms with Crippen LogP contribution >= 0.6 is 23.1 Å². The van der Waals surface area contributed by atoms with Crippen molar-refractivity contribution in [3.8, 4) is 0 Å². The Morgan fingerprint density at radius 3 is 2.87 bits per heavy atom. The van der Waals surface area contributed by atoms with Gasteiger partial charge in [-0.25, -0.2) is 4.98 Å². The van der Waals surface area contributed by atoms with E-state index >= 15 is 0 Å². The summed E-state index contributed by atoms with van der Waals surface area (Å²) >= 11 is 3.02. The maximum Gasteiger partial charge on any atom is 0.263 e. The van der Waals surface area contributed by atoms with Gasteiger partial charge in [0.05, 0.1) is 10.6 Å². The van der Waals surface area contributed by atoms with Gasteiger partial charge in [-0.15, -0.1) is 11.3 Å². The first-order valence-electron chi connectivity index (χ1n) is 10.5. The molecular weight excluding hydrogens is 414 g/mol. The van der Waals surface area contributed by atoms with Gasteiger partial charge in [0.1, 0.15) is 4.83 Å². The SMILES string of the molecule is CCn1c(SC(C)C(=O)NCc2ccccc2)nc2sc3c(c2c1=O)CCC(C)C3. The molecule has 0 spiro atoms. The topological polar surface area (TPSA) is 64.0 Å². The van der Waals surface area contributed by atoms with E-state index in [0.29, 0.717) is 24.2 Å². The van der Waals surface area contributed by atoms with Crippen LogP contribution < -0.4 is 10.9 Å². The standard InChI is InChI=1S/C23H27N3O2S2/c1-4-26-22(28)19-17-11-10-14(2)12-18(17)30-21(19)25-23(26)29-15(3)20(27)24-13-16-8-6-5-7-9-16/h5-9,14-15H,4,10-13H2,1-3H3,(H,24,27). The minimum absolute atomic E-state index is 0.0361. The fourth-order valence-electron chi connectivity index (χ4n) is 3.91. The number of nitrogens with zero attached hydrogens (tertiary/aromatic N) is 2. The summed E-state index contributed by atoms with van der Waals surface area (Å²) in [7, 11) is 0. The monoisotopic (exact) mass is 441 g/mol. The zero-order valence-electron chi connectivity index (χ0n) is 17.6. The molecule has 2 heterocycles. The third-order valence-corrected chi connectivity index (χ3v) is 7.90. The maximum absolute atomic E-state index is 13.3. The highest BCUT2D eigenvalue weighted by molar-refractivity contribution is 8.00. The van der Waals surface area contributed by atoms with Crippen molar-refractivity contribution in [3.05, 3.63) is 56.7 Å². The Morgan fingerprint density at radius 2 is 2.13 bits per heavy atom. The van der Waals surface area contributed by atoms with Crippen molar-refractivity contribution in [2.75, 3.05) is 0 Å². The molecule has 1 aromatic carbocycles. The van der Waals surface area contributed by atoms with Crippen LogP contribution in [0.1, 0.15) is 43.2 Å². The molecular formula is C23H27N3O2S2. The second kappa shape index (κ2) is 8.94. The Hall–Kier alpha value is -2.12. The summed E-state index contributed by atoms with van der Waals surface area (Å²) in [4.78, 5) is 32.9. The lowest BCUT2D eigenvalue weighted by molar-refractivity contribution is -0.120. The number of hydrogen-bond acceptors (Lipinski definition) is 5. The van der Waals surface area contributed by atoms with E-state index in [9.17, 15) is 9.59 Å². The molecule has 7 heteroatoms. The van der Waals surface area contributed by atoms with E-state index in [1.807, 2.05) is 44.2 Å². The largest absolute Gasteiger partial charge is 0.351 e. The molecule has 2 atom stereocenters. The molecule has 0 saturated carbocycles. The number of aryl methyl sites for hydroxylation is 1. The summed E-state index contributed by atoms with van der Waals surface area (Å²) < 4.78 is 1.72. The van der Waals surface area contributed by atoms with E-state index in [2.05, 4.69) is 12.2 Å². The highest BCUT2D eigenvalue weighted by Crippen LogP contribution is 2.36. The Morgan fingerprint density at radius 1 is 1.37 bits per heavy atom. The Labute approximate surface area is 184 Å². The van der Waals surface area contributed by atoms with Crippen molar-refractivity contribution in [1.29, 1.82) is 0 Å². The van der Waals surface area contributed by atoms with E-state index < -0.39 is 0 Å². The van der Waals surface area contributed by atoms with Crippen molar-refractivity contribution in [3.63, 3.8) is 0 Å². The summed E-state index contributed by atoms with van der Waals surface area (Å²) in [6.07, 6.45) is 3.12. The number of carbonyl (C=O) groups excluding carboxylic acids is 1. The first-order chi connectivity index (χ1) is 14.5. The van der Waals surface area contributed by atoms with Gasteiger partial charge in [0.25, 0.3) is 5.56 Å². The first kappa shape index (κ1) is 21.1. The van der Waals surface area contributed by atoms with Gasteiger partial charge >= 0.3 is 0 Å². The number of thiophene rings is 1. The number of nitrogens with one attached hydrogen (secondary N) is 1. The Balaban J connectivity index is 1.57. The fourth-order valence-corrected chi connectivity index (χ4v) is 6.33. The van der Waals surface area contributed by atoms with E-state index in [4.69, 9.17) is 4.98 Å². The Bertz CT molecular complexity index is 1120. The molecule has 0 saturated heterocycles. The van der Waals surface area contributed by atoms with Gasteiger partial charge in [-0.05, 0) is 50.2 Å². The van der Waals surface area contributed by atoms with Gasteiger partial charge in [0.15, 0.2) is 5.16 Å². The van der Waals surface area contributed by atoms with Crippen molar-refractivity contribution in [1.82, 2.24) is 14.9 Å². The molecule has 5 nitrogen and oxygen atoms in total. The van der Waals surface area contributed by atoms with Crippen LogP contribution in [0, 0.1) is 5.92 Å². The lowest BCUT2D eigenvalue weighted by atomic mass is 9.89. The minimum atomic E-state index is -0.342. The molecule has 0 radical (unpaired) electrons. The zero-order valence-corrected chi connectivity index (χ0v) is 19.2. The van der Waals surface area contributed by atoms with E-state index in [1.165, 1.54) is 22.2 Å². The molecule has 30 heavy (non-hydrogen) atoms. The summed E-state index contributed by atoms with van der Waals surface area (Å²) in [5.74, 6) is 0.598. The quantitative estimate of drug-likeness (QED) is 0.455. The van der Waals surface area contributed by atoms with Gasteiger partial charge in [-0.2, -0.15) is 0 Å². The molecule has 4 rings (SSSR count). The molecule has 0 fully saturated rings. The van der Waals surface area contributed by atoms with Crippen LogP contribution in [-0.4, -0.2) is 20.7 Å². The van der Waals surface area contributed by atoms with Crippen LogP contribution in [-0.2, 0) is 30.7 Å². The summed E-state index contributed by atoms with van der Waals surface area (Å²) in [5.41, 5.74) is 2.30. The second-order valence-electron chi connectivity index (χ2n) is 7.94. The summed E-state index contributed by atoms with van der Waals surface area (Å²) in [6.45, 7) is 7.13. The third-order valence-electron chi connectivity index (χ3n) is 5.66. The van der Waals surface area contributed by atoms with Crippen LogP contribution in [0.15, 0.2) is 40.3 Å². The van der Waals surface area contributed by atoms with E-state index in [-0.39, 0.29) is 16.7 Å². The van der Waals surface area contributed by atoms with Crippen LogP contribution in [0.4, 0.5) is 0 Å². The summed E-state index contributed by atoms with van der Waals surface area (Å²) in [5, 5.41) is 4.07. The number of fused-ring (bicyclic) bond motifs is 3.